The van der Waals surface area contributed by atoms with E-state index in [1.807, 2.05) is 32.0 Å². The van der Waals surface area contributed by atoms with E-state index >= 15 is 0 Å². The second kappa shape index (κ2) is 9.52. The monoisotopic (exact) mass is 481 g/mol. The summed E-state index contributed by atoms with van der Waals surface area (Å²) in [5.74, 6) is -0.635. The van der Waals surface area contributed by atoms with Crippen molar-refractivity contribution in [3.63, 3.8) is 0 Å². The van der Waals surface area contributed by atoms with Gasteiger partial charge in [0.25, 0.3) is 0 Å². The van der Waals surface area contributed by atoms with Crippen LogP contribution >= 0.6 is 22.9 Å². The van der Waals surface area contributed by atoms with E-state index < -0.39 is 21.5 Å². The van der Waals surface area contributed by atoms with E-state index in [-0.39, 0.29) is 4.90 Å². The highest BCUT2D eigenvalue weighted by Gasteiger charge is 2.27. The number of anilines is 1. The van der Waals surface area contributed by atoms with Gasteiger partial charge in [-0.25, -0.2) is 13.4 Å². The zero-order chi connectivity index (χ0) is 22.8. The van der Waals surface area contributed by atoms with Crippen molar-refractivity contribution in [3.05, 3.63) is 47.0 Å². The van der Waals surface area contributed by atoms with Crippen LogP contribution in [0.1, 0.15) is 5.56 Å². The van der Waals surface area contributed by atoms with Gasteiger partial charge in [0, 0.05) is 18.1 Å². The number of sulfone groups is 1. The van der Waals surface area contributed by atoms with Gasteiger partial charge in [0.2, 0.25) is 5.91 Å². The fourth-order valence-corrected chi connectivity index (χ4v) is 5.36. The normalized spacial score (nSPS) is 11.8. The van der Waals surface area contributed by atoms with Gasteiger partial charge < -0.3 is 9.64 Å². The molecule has 2 aromatic carbocycles. The van der Waals surface area contributed by atoms with Crippen LogP contribution in [0.4, 0.5) is 5.13 Å². The van der Waals surface area contributed by atoms with Crippen LogP contribution in [0.2, 0.25) is 5.02 Å². The number of aromatic nitrogens is 1. The summed E-state index contributed by atoms with van der Waals surface area (Å²) in [6.07, 6.45) is 0. The summed E-state index contributed by atoms with van der Waals surface area (Å²) < 4.78 is 31.7. The van der Waals surface area contributed by atoms with E-state index in [9.17, 15) is 13.2 Å². The van der Waals surface area contributed by atoms with Crippen LogP contribution in [0.3, 0.4) is 0 Å². The third-order valence-corrected chi connectivity index (χ3v) is 7.84. The number of likely N-dealkylation sites (N-methyl/N-ethyl adjacent to an activating group) is 1. The molecule has 0 radical (unpaired) electrons. The van der Waals surface area contributed by atoms with Crippen molar-refractivity contribution < 1.29 is 17.9 Å². The molecule has 0 N–H and O–H groups in total. The number of methoxy groups -OCH3 is 1. The average Bonchev–Trinajstić information content (AvgIpc) is 3.15. The van der Waals surface area contributed by atoms with E-state index in [1.54, 1.807) is 18.2 Å². The molecule has 1 aromatic heterocycles. The molecule has 1 heterocycles. The predicted molar refractivity (Wildman–Crippen MR) is 125 cm³/mol. The maximum Gasteiger partial charge on any atom is 0.244 e. The highest BCUT2D eigenvalue weighted by atomic mass is 35.5. The van der Waals surface area contributed by atoms with Crippen LogP contribution < -0.4 is 9.64 Å². The maximum absolute atomic E-state index is 13.1. The van der Waals surface area contributed by atoms with E-state index in [0.717, 1.165) is 10.3 Å². The van der Waals surface area contributed by atoms with Crippen LogP contribution in [0.25, 0.3) is 10.2 Å². The Balaban J connectivity index is 1.92. The van der Waals surface area contributed by atoms with E-state index in [0.29, 0.717) is 34.5 Å². The molecular formula is C21H24ClN3O4S2. The number of nitrogens with zero attached hydrogens (tertiary/aromatic N) is 3. The quantitative estimate of drug-likeness (QED) is 0.488. The summed E-state index contributed by atoms with van der Waals surface area (Å²) in [7, 11) is 1.45. The van der Waals surface area contributed by atoms with Crippen LogP contribution in [-0.4, -0.2) is 64.3 Å². The SMILES string of the molecule is COc1ccc(S(=O)(=O)CC(=O)N(CCN(C)C)c2nc3c(C)c(Cl)ccc3s2)cc1. The van der Waals surface area contributed by atoms with Gasteiger partial charge >= 0.3 is 0 Å². The summed E-state index contributed by atoms with van der Waals surface area (Å²) in [4.78, 5) is 21.2. The Hall–Kier alpha value is -2.20. The third-order valence-electron chi connectivity index (χ3n) is 4.77. The maximum atomic E-state index is 13.1. The molecule has 0 unspecified atom stereocenters. The Labute approximate surface area is 191 Å². The fourth-order valence-electron chi connectivity index (χ4n) is 2.94. The van der Waals surface area contributed by atoms with Crippen molar-refractivity contribution in [2.24, 2.45) is 0 Å². The van der Waals surface area contributed by atoms with Gasteiger partial charge in [-0.3, -0.25) is 9.69 Å². The number of fused-ring (bicyclic) bond motifs is 1. The van der Waals surface area contributed by atoms with Crippen molar-refractivity contribution >= 4 is 54.0 Å². The lowest BCUT2D eigenvalue weighted by Gasteiger charge is -2.22. The van der Waals surface area contributed by atoms with Gasteiger partial charge in [0.1, 0.15) is 11.5 Å². The van der Waals surface area contributed by atoms with Crippen LogP contribution in [0.15, 0.2) is 41.3 Å². The predicted octanol–water partition coefficient (Wildman–Crippen LogP) is 3.64. The molecule has 0 atom stereocenters. The number of thiazole rings is 1. The second-order valence-electron chi connectivity index (χ2n) is 7.30. The lowest BCUT2D eigenvalue weighted by atomic mass is 10.2. The summed E-state index contributed by atoms with van der Waals surface area (Å²) in [5.41, 5.74) is 1.54. The third kappa shape index (κ3) is 5.35. The minimum atomic E-state index is -3.83. The van der Waals surface area contributed by atoms with Gasteiger partial charge in [-0.1, -0.05) is 22.9 Å². The average molecular weight is 482 g/mol. The molecule has 31 heavy (non-hydrogen) atoms. The Bertz CT molecular complexity index is 1190. The highest BCUT2D eigenvalue weighted by Crippen LogP contribution is 2.33. The smallest absolute Gasteiger partial charge is 0.244 e. The molecule has 10 heteroatoms. The number of rotatable bonds is 8. The molecule has 0 fully saturated rings. The van der Waals surface area contributed by atoms with Crippen molar-refractivity contribution in [3.8, 4) is 5.75 Å². The molecule has 0 bridgehead atoms. The molecule has 1 amide bonds. The lowest BCUT2D eigenvalue weighted by molar-refractivity contribution is -0.116. The van der Waals surface area contributed by atoms with Crippen molar-refractivity contribution in [1.82, 2.24) is 9.88 Å². The largest absolute Gasteiger partial charge is 0.497 e. The van der Waals surface area contributed by atoms with E-state index in [2.05, 4.69) is 4.98 Å². The molecule has 0 aliphatic heterocycles. The number of halogens is 1. The summed E-state index contributed by atoms with van der Waals surface area (Å²) in [6.45, 7) is 2.74. The molecular weight excluding hydrogens is 458 g/mol. The molecule has 7 nitrogen and oxygen atoms in total. The molecule has 166 valence electrons. The lowest BCUT2D eigenvalue weighted by Crippen LogP contribution is -2.40. The Morgan fingerprint density at radius 1 is 1.13 bits per heavy atom. The number of benzene rings is 2. The molecule has 0 saturated heterocycles. The molecule has 0 spiro atoms. The summed E-state index contributed by atoms with van der Waals surface area (Å²) in [5, 5.41) is 1.05. The number of carbonyl (C=O) groups excluding carboxylic acids is 1. The van der Waals surface area contributed by atoms with Gasteiger partial charge in [-0.05, 0) is 63.0 Å². The number of carbonyl (C=O) groups is 1. The molecule has 0 aliphatic rings. The molecule has 0 saturated carbocycles. The van der Waals surface area contributed by atoms with E-state index in [4.69, 9.17) is 16.3 Å². The Kier molecular flexibility index (Phi) is 7.20. The Morgan fingerprint density at radius 3 is 2.42 bits per heavy atom. The zero-order valence-corrected chi connectivity index (χ0v) is 20.1. The second-order valence-corrected chi connectivity index (χ2v) is 10.7. The number of hydrogen-bond donors (Lipinski definition) is 0. The number of aryl methyl sites for hydroxylation is 1. The standard InChI is InChI=1S/C21H24ClN3O4S2/c1-14-17(22)9-10-18-20(14)23-21(30-18)25(12-11-24(2)3)19(26)13-31(27,28)16-7-5-15(29-4)6-8-16/h5-10H,11-13H2,1-4H3. The Morgan fingerprint density at radius 2 is 1.81 bits per heavy atom. The van der Waals surface area contributed by atoms with Crippen LogP contribution in [0.5, 0.6) is 5.75 Å². The minimum Gasteiger partial charge on any atom is -0.497 e. The minimum absolute atomic E-state index is 0.0705. The number of amides is 1. The van der Waals surface area contributed by atoms with Gasteiger partial charge in [0.15, 0.2) is 15.0 Å². The van der Waals surface area contributed by atoms with Gasteiger partial charge in [-0.15, -0.1) is 0 Å². The van der Waals surface area contributed by atoms with E-state index in [1.165, 1.54) is 35.5 Å². The van der Waals surface area contributed by atoms with Crippen molar-refractivity contribution in [2.45, 2.75) is 11.8 Å². The summed E-state index contributed by atoms with van der Waals surface area (Å²) in [6, 6.07) is 9.64. The van der Waals surface area contributed by atoms with Crippen molar-refractivity contribution in [1.29, 1.82) is 0 Å². The highest BCUT2D eigenvalue weighted by molar-refractivity contribution is 7.92. The molecule has 3 aromatic rings. The van der Waals surface area contributed by atoms with Gasteiger partial charge in [0.05, 0.1) is 22.2 Å². The van der Waals surface area contributed by atoms with Crippen LogP contribution in [-0.2, 0) is 14.6 Å². The first kappa shape index (κ1) is 23.5. The van der Waals surface area contributed by atoms with Crippen LogP contribution in [0, 0.1) is 6.92 Å². The topological polar surface area (TPSA) is 79.8 Å². The first-order chi connectivity index (χ1) is 14.6. The zero-order valence-electron chi connectivity index (χ0n) is 17.8. The fraction of sp³-hybridized carbons (Fsp3) is 0.333. The van der Waals surface area contributed by atoms with Gasteiger partial charge in [-0.2, -0.15) is 0 Å². The first-order valence-corrected chi connectivity index (χ1v) is 12.3. The number of ether oxygens (including phenoxy) is 1. The molecule has 0 aliphatic carbocycles. The number of hydrogen-bond acceptors (Lipinski definition) is 7. The first-order valence-electron chi connectivity index (χ1n) is 9.50. The summed E-state index contributed by atoms with van der Waals surface area (Å²) >= 11 is 7.55. The van der Waals surface area contributed by atoms with Crippen molar-refractivity contribution in [2.75, 3.05) is 44.9 Å². The molecule has 3 rings (SSSR count).